The second-order valence-corrected chi connectivity index (χ2v) is 5.46. The van der Waals surface area contributed by atoms with E-state index >= 15 is 0 Å². The summed E-state index contributed by atoms with van der Waals surface area (Å²) >= 11 is 1.61. The van der Waals surface area contributed by atoms with Gasteiger partial charge in [-0.05, 0) is 30.0 Å². The monoisotopic (exact) mass is 289 g/mol. The van der Waals surface area contributed by atoms with Crippen molar-refractivity contribution in [1.82, 2.24) is 5.16 Å². The molecule has 3 aromatic rings. The van der Waals surface area contributed by atoms with Crippen LogP contribution < -0.4 is 4.74 Å². The maximum absolute atomic E-state index is 9.54. The van der Waals surface area contributed by atoms with Crippen LogP contribution in [0.2, 0.25) is 0 Å². The maximum Gasteiger partial charge on any atom is 0.178 e. The van der Waals surface area contributed by atoms with Crippen LogP contribution in [-0.4, -0.2) is 23.0 Å². The highest BCUT2D eigenvalue weighted by Crippen LogP contribution is 2.33. The van der Waals surface area contributed by atoms with Gasteiger partial charge in [0, 0.05) is 5.56 Å². The van der Waals surface area contributed by atoms with Crippen molar-refractivity contribution in [3.8, 4) is 17.0 Å². The van der Waals surface area contributed by atoms with Crippen molar-refractivity contribution in [2.45, 2.75) is 19.4 Å². The highest BCUT2D eigenvalue weighted by atomic mass is 32.1. The van der Waals surface area contributed by atoms with E-state index in [9.17, 15) is 5.11 Å². The zero-order valence-electron chi connectivity index (χ0n) is 11.1. The molecule has 0 aliphatic heterocycles. The first-order valence-electron chi connectivity index (χ1n) is 6.52. The molecule has 4 nitrogen and oxygen atoms in total. The number of aliphatic hydroxyl groups is 1. The van der Waals surface area contributed by atoms with Gasteiger partial charge in [0.15, 0.2) is 5.58 Å². The minimum atomic E-state index is -0.435. The van der Waals surface area contributed by atoms with Gasteiger partial charge in [-0.15, -0.1) is 11.3 Å². The fraction of sp³-hybridized carbons (Fsp3) is 0.267. The van der Waals surface area contributed by atoms with Gasteiger partial charge < -0.3 is 14.4 Å². The molecule has 1 N–H and O–H groups in total. The van der Waals surface area contributed by atoms with Crippen LogP contribution >= 0.6 is 11.3 Å². The summed E-state index contributed by atoms with van der Waals surface area (Å²) in [4.78, 5) is 0. The van der Waals surface area contributed by atoms with Crippen molar-refractivity contribution >= 4 is 21.6 Å². The van der Waals surface area contributed by atoms with Crippen molar-refractivity contribution in [2.75, 3.05) is 6.61 Å². The topological polar surface area (TPSA) is 55.5 Å². The average molecular weight is 289 g/mol. The first-order valence-corrected chi connectivity index (χ1v) is 7.40. The third-order valence-electron chi connectivity index (χ3n) is 3.10. The summed E-state index contributed by atoms with van der Waals surface area (Å²) in [6, 6.07) is 9.59. The van der Waals surface area contributed by atoms with Crippen LogP contribution in [0.25, 0.3) is 21.5 Å². The molecule has 0 fully saturated rings. The van der Waals surface area contributed by atoms with Gasteiger partial charge in [0.1, 0.15) is 22.8 Å². The third-order valence-corrected chi connectivity index (χ3v) is 4.00. The molecule has 0 spiro atoms. The summed E-state index contributed by atoms with van der Waals surface area (Å²) < 4.78 is 11.9. The lowest BCUT2D eigenvalue weighted by Crippen LogP contribution is -2.15. The lowest BCUT2D eigenvalue weighted by molar-refractivity contribution is 0.104. The highest BCUT2D eigenvalue weighted by molar-refractivity contribution is 7.17. The lowest BCUT2D eigenvalue weighted by atomic mass is 10.1. The predicted molar refractivity (Wildman–Crippen MR) is 79.1 cm³/mol. The summed E-state index contributed by atoms with van der Waals surface area (Å²) in [5, 5.41) is 15.6. The SMILES string of the molecule is CCC(O)COc1cccc(-c2noc3ccsc23)c1. The van der Waals surface area contributed by atoms with Gasteiger partial charge in [-0.3, -0.25) is 0 Å². The molecule has 104 valence electrons. The number of benzene rings is 1. The Morgan fingerprint density at radius 2 is 2.30 bits per heavy atom. The second kappa shape index (κ2) is 5.64. The number of nitrogens with zero attached hydrogens (tertiary/aromatic N) is 1. The first kappa shape index (κ1) is 13.1. The summed E-state index contributed by atoms with van der Waals surface area (Å²) in [5.41, 5.74) is 2.59. The Kier molecular flexibility index (Phi) is 3.71. The molecule has 0 bridgehead atoms. The number of rotatable bonds is 5. The number of aromatic nitrogens is 1. The highest BCUT2D eigenvalue weighted by Gasteiger charge is 2.12. The van der Waals surface area contributed by atoms with Crippen molar-refractivity contribution in [2.24, 2.45) is 0 Å². The summed E-state index contributed by atoms with van der Waals surface area (Å²) in [7, 11) is 0. The van der Waals surface area contributed by atoms with Crippen LogP contribution in [0.3, 0.4) is 0 Å². The van der Waals surface area contributed by atoms with Gasteiger partial charge in [0.25, 0.3) is 0 Å². The van der Waals surface area contributed by atoms with E-state index in [1.54, 1.807) is 11.3 Å². The van der Waals surface area contributed by atoms with E-state index in [1.165, 1.54) is 0 Å². The molecule has 1 atom stereocenters. The van der Waals surface area contributed by atoms with Gasteiger partial charge in [-0.25, -0.2) is 0 Å². The van der Waals surface area contributed by atoms with E-state index < -0.39 is 6.10 Å². The van der Waals surface area contributed by atoms with E-state index in [1.807, 2.05) is 42.6 Å². The van der Waals surface area contributed by atoms with E-state index in [2.05, 4.69) is 5.16 Å². The molecule has 0 amide bonds. The molecular weight excluding hydrogens is 274 g/mol. The number of fused-ring (bicyclic) bond motifs is 1. The molecular formula is C15H15NO3S. The number of aliphatic hydroxyl groups excluding tert-OH is 1. The standard InChI is InChI=1S/C15H15NO3S/c1-2-11(17)9-18-12-5-3-4-10(8-12)14-15-13(19-16-14)6-7-20-15/h3-8,11,17H,2,9H2,1H3. The van der Waals surface area contributed by atoms with E-state index in [-0.39, 0.29) is 0 Å². The Bertz CT molecular complexity index is 704. The van der Waals surface area contributed by atoms with E-state index in [4.69, 9.17) is 9.26 Å². The molecule has 1 aromatic carbocycles. The molecule has 0 radical (unpaired) electrons. The molecule has 0 aliphatic rings. The molecule has 3 rings (SSSR count). The molecule has 5 heteroatoms. The van der Waals surface area contributed by atoms with Gasteiger partial charge in [0.05, 0.1) is 6.10 Å². The average Bonchev–Trinajstić information content (AvgIpc) is 3.07. The normalized spacial score (nSPS) is 12.7. The lowest BCUT2D eigenvalue weighted by Gasteiger charge is -2.10. The van der Waals surface area contributed by atoms with Crippen LogP contribution in [0.5, 0.6) is 5.75 Å². The van der Waals surface area contributed by atoms with Crippen molar-refractivity contribution in [3.63, 3.8) is 0 Å². The Hall–Kier alpha value is -1.85. The zero-order chi connectivity index (χ0) is 13.9. The van der Waals surface area contributed by atoms with Crippen LogP contribution in [-0.2, 0) is 0 Å². The summed E-state index contributed by atoms with van der Waals surface area (Å²) in [6.45, 7) is 2.22. The molecule has 1 unspecified atom stereocenters. The fourth-order valence-corrected chi connectivity index (χ4v) is 2.72. The third kappa shape index (κ3) is 2.55. The van der Waals surface area contributed by atoms with Gasteiger partial charge in [0.2, 0.25) is 0 Å². The van der Waals surface area contributed by atoms with Gasteiger partial charge in [-0.2, -0.15) is 0 Å². The molecule has 2 aromatic heterocycles. The smallest absolute Gasteiger partial charge is 0.178 e. The molecule has 0 aliphatic carbocycles. The van der Waals surface area contributed by atoms with Crippen molar-refractivity contribution in [1.29, 1.82) is 0 Å². The largest absolute Gasteiger partial charge is 0.491 e. The van der Waals surface area contributed by atoms with Crippen LogP contribution in [0.4, 0.5) is 0 Å². The molecule has 2 heterocycles. The number of thiophene rings is 1. The predicted octanol–water partition coefficient (Wildman–Crippen LogP) is 3.71. The maximum atomic E-state index is 9.54. The fourth-order valence-electron chi connectivity index (χ4n) is 1.91. The van der Waals surface area contributed by atoms with Gasteiger partial charge in [-0.1, -0.05) is 24.2 Å². The van der Waals surface area contributed by atoms with Crippen LogP contribution in [0.1, 0.15) is 13.3 Å². The minimum Gasteiger partial charge on any atom is -0.491 e. The van der Waals surface area contributed by atoms with E-state index in [0.29, 0.717) is 13.0 Å². The van der Waals surface area contributed by atoms with Crippen LogP contribution in [0.15, 0.2) is 40.2 Å². The Balaban J connectivity index is 1.86. The molecule has 20 heavy (non-hydrogen) atoms. The van der Waals surface area contributed by atoms with E-state index in [0.717, 1.165) is 27.3 Å². The van der Waals surface area contributed by atoms with Gasteiger partial charge >= 0.3 is 0 Å². The Morgan fingerprint density at radius 3 is 3.15 bits per heavy atom. The molecule has 0 saturated carbocycles. The first-order chi connectivity index (χ1) is 9.78. The minimum absolute atomic E-state index is 0.299. The quantitative estimate of drug-likeness (QED) is 0.778. The zero-order valence-corrected chi connectivity index (χ0v) is 11.9. The number of hydrogen-bond donors (Lipinski definition) is 1. The Morgan fingerprint density at radius 1 is 1.40 bits per heavy atom. The Labute approximate surface area is 120 Å². The summed E-state index contributed by atoms with van der Waals surface area (Å²) in [6.07, 6.45) is 0.244. The second-order valence-electron chi connectivity index (χ2n) is 4.55. The van der Waals surface area contributed by atoms with Crippen molar-refractivity contribution < 1.29 is 14.4 Å². The van der Waals surface area contributed by atoms with Crippen LogP contribution in [0, 0.1) is 0 Å². The number of hydrogen-bond acceptors (Lipinski definition) is 5. The van der Waals surface area contributed by atoms with Crippen molar-refractivity contribution in [3.05, 3.63) is 35.7 Å². The number of ether oxygens (including phenoxy) is 1. The molecule has 0 saturated heterocycles. The summed E-state index contributed by atoms with van der Waals surface area (Å²) in [5.74, 6) is 0.725.